The number of esters is 1. The van der Waals surface area contributed by atoms with E-state index in [1.54, 1.807) is 0 Å². The Morgan fingerprint density at radius 2 is 2.38 bits per heavy atom. The molecule has 0 aromatic carbocycles. The summed E-state index contributed by atoms with van der Waals surface area (Å²) in [5.74, 6) is -1.27. The van der Waals surface area contributed by atoms with Crippen LogP contribution in [0.5, 0.6) is 0 Å². The highest BCUT2D eigenvalue weighted by Gasteiger charge is 2.37. The molecule has 1 saturated heterocycles. The van der Waals surface area contributed by atoms with Crippen molar-refractivity contribution in [2.24, 2.45) is 15.9 Å². The molecule has 2 unspecified atom stereocenters. The number of amidine groups is 1. The van der Waals surface area contributed by atoms with E-state index < -0.39 is 11.9 Å². The number of piperidine rings is 1. The molecule has 1 fully saturated rings. The predicted molar refractivity (Wildman–Crippen MR) is 60.7 cm³/mol. The van der Waals surface area contributed by atoms with Gasteiger partial charge in [-0.1, -0.05) is 15.9 Å². The van der Waals surface area contributed by atoms with Gasteiger partial charge in [-0.15, -0.1) is 0 Å². The number of amides is 1. The third kappa shape index (κ3) is 1.99. The zero-order valence-corrected chi connectivity index (χ0v) is 10.2. The zero-order chi connectivity index (χ0) is 11.7. The number of rotatable bonds is 1. The standard InChI is InChI=1S/C9H10BrN3O3/c1-16-9(15)4-2-5-7(13-8(4)14)11-3-6(10)12-5/h4,6H,2-3H2,1H3,(H,11,13,14). The molecular formula is C9H10BrN3O3. The molecule has 2 rings (SSSR count). The molecule has 1 amide bonds. The lowest BCUT2D eigenvalue weighted by Crippen LogP contribution is -2.51. The van der Waals surface area contributed by atoms with Crippen molar-refractivity contribution in [3.63, 3.8) is 0 Å². The highest BCUT2D eigenvalue weighted by atomic mass is 79.9. The molecule has 7 heteroatoms. The average Bonchev–Trinajstić information content (AvgIpc) is 2.28. The summed E-state index contributed by atoms with van der Waals surface area (Å²) in [5, 5.41) is 2.56. The van der Waals surface area contributed by atoms with Gasteiger partial charge >= 0.3 is 5.97 Å². The number of fused-ring (bicyclic) bond motifs is 1. The number of carbonyl (C=O) groups is 2. The van der Waals surface area contributed by atoms with Gasteiger partial charge in [0, 0.05) is 6.42 Å². The van der Waals surface area contributed by atoms with Crippen LogP contribution in [0.2, 0.25) is 0 Å². The number of ether oxygens (including phenoxy) is 1. The summed E-state index contributed by atoms with van der Waals surface area (Å²) < 4.78 is 4.56. The topological polar surface area (TPSA) is 80.1 Å². The minimum Gasteiger partial charge on any atom is -0.468 e. The Bertz CT molecular complexity index is 405. The molecule has 0 radical (unpaired) electrons. The van der Waals surface area contributed by atoms with E-state index in [1.807, 2.05) is 0 Å². The van der Waals surface area contributed by atoms with Crippen LogP contribution >= 0.6 is 15.9 Å². The summed E-state index contributed by atoms with van der Waals surface area (Å²) in [6, 6.07) is 0. The van der Waals surface area contributed by atoms with Crippen LogP contribution in [0.15, 0.2) is 9.98 Å². The number of alkyl halides is 1. The van der Waals surface area contributed by atoms with E-state index in [-0.39, 0.29) is 17.3 Å². The zero-order valence-electron chi connectivity index (χ0n) is 8.57. The molecule has 6 nitrogen and oxygen atoms in total. The smallest absolute Gasteiger partial charge is 0.318 e. The van der Waals surface area contributed by atoms with Crippen LogP contribution in [0.4, 0.5) is 0 Å². The molecule has 0 bridgehead atoms. The minimum absolute atomic E-state index is 0.0838. The largest absolute Gasteiger partial charge is 0.468 e. The van der Waals surface area contributed by atoms with Crippen LogP contribution in [-0.2, 0) is 14.3 Å². The predicted octanol–water partition coefficient (Wildman–Crippen LogP) is -0.130. The Morgan fingerprint density at radius 3 is 3.06 bits per heavy atom. The van der Waals surface area contributed by atoms with Crippen molar-refractivity contribution in [2.75, 3.05) is 13.7 Å². The molecule has 2 heterocycles. The van der Waals surface area contributed by atoms with E-state index in [2.05, 4.69) is 36.0 Å². The van der Waals surface area contributed by atoms with Gasteiger partial charge in [-0.3, -0.25) is 19.6 Å². The Labute approximate surface area is 100 Å². The van der Waals surface area contributed by atoms with Crippen molar-refractivity contribution in [1.82, 2.24) is 5.32 Å². The van der Waals surface area contributed by atoms with E-state index in [0.29, 0.717) is 18.1 Å². The fourth-order valence-electron chi connectivity index (χ4n) is 1.61. The molecule has 2 atom stereocenters. The molecule has 86 valence electrons. The number of halogens is 1. The maximum atomic E-state index is 11.6. The average molecular weight is 288 g/mol. The van der Waals surface area contributed by atoms with Crippen LogP contribution in [0.3, 0.4) is 0 Å². The second kappa shape index (κ2) is 4.32. The monoisotopic (exact) mass is 287 g/mol. The van der Waals surface area contributed by atoms with Gasteiger partial charge in [0.25, 0.3) is 0 Å². The molecule has 0 aromatic rings. The normalized spacial score (nSPS) is 28.5. The molecule has 16 heavy (non-hydrogen) atoms. The molecule has 1 N–H and O–H groups in total. The second-order valence-electron chi connectivity index (χ2n) is 3.47. The number of methoxy groups -OCH3 is 1. The van der Waals surface area contributed by atoms with Gasteiger partial charge in [-0.05, 0) is 0 Å². The summed E-state index contributed by atoms with van der Waals surface area (Å²) in [6.45, 7) is 0.488. The third-order valence-electron chi connectivity index (χ3n) is 2.41. The Kier molecular flexibility index (Phi) is 3.04. The summed E-state index contributed by atoms with van der Waals surface area (Å²) >= 11 is 3.32. The SMILES string of the molecule is COC(=O)C1CC2=NC(Br)CN=C2NC1=O. The van der Waals surface area contributed by atoms with E-state index in [1.165, 1.54) is 7.11 Å². The van der Waals surface area contributed by atoms with E-state index in [0.717, 1.165) is 0 Å². The first-order chi connectivity index (χ1) is 7.61. The fraction of sp³-hybridized carbons (Fsp3) is 0.556. The van der Waals surface area contributed by atoms with Gasteiger partial charge in [-0.2, -0.15) is 0 Å². The number of aliphatic imine (C=N–C) groups is 2. The fourth-order valence-corrected chi connectivity index (χ4v) is 2.00. The third-order valence-corrected chi connectivity index (χ3v) is 2.90. The number of hydrogen-bond acceptors (Lipinski definition) is 5. The van der Waals surface area contributed by atoms with Crippen molar-refractivity contribution in [2.45, 2.75) is 11.4 Å². The molecular weight excluding hydrogens is 278 g/mol. The number of nitrogens with one attached hydrogen (secondary N) is 1. The summed E-state index contributed by atoms with van der Waals surface area (Å²) in [7, 11) is 1.26. The van der Waals surface area contributed by atoms with E-state index >= 15 is 0 Å². The quantitative estimate of drug-likeness (QED) is 0.316. The number of nitrogens with zero attached hydrogens (tertiary/aromatic N) is 2. The van der Waals surface area contributed by atoms with Gasteiger partial charge in [0.1, 0.15) is 16.7 Å². The summed E-state index contributed by atoms with van der Waals surface area (Å²) in [4.78, 5) is 31.3. The second-order valence-corrected chi connectivity index (χ2v) is 4.53. The van der Waals surface area contributed by atoms with Crippen molar-refractivity contribution >= 4 is 39.4 Å². The van der Waals surface area contributed by atoms with Gasteiger partial charge in [0.05, 0.1) is 19.4 Å². The van der Waals surface area contributed by atoms with Crippen molar-refractivity contribution in [1.29, 1.82) is 0 Å². The summed E-state index contributed by atoms with van der Waals surface area (Å²) in [5.41, 5.74) is 0.642. The number of hydrogen-bond donors (Lipinski definition) is 1. The van der Waals surface area contributed by atoms with Crippen LogP contribution in [0.1, 0.15) is 6.42 Å². The maximum Gasteiger partial charge on any atom is 0.318 e. The first-order valence-electron chi connectivity index (χ1n) is 4.76. The van der Waals surface area contributed by atoms with Crippen LogP contribution < -0.4 is 5.32 Å². The maximum absolute atomic E-state index is 11.6. The van der Waals surface area contributed by atoms with Crippen molar-refractivity contribution < 1.29 is 14.3 Å². The molecule has 0 spiro atoms. The van der Waals surface area contributed by atoms with Crippen molar-refractivity contribution in [3.8, 4) is 0 Å². The lowest BCUT2D eigenvalue weighted by molar-refractivity contribution is -0.149. The molecule has 0 aliphatic carbocycles. The Hall–Kier alpha value is -1.24. The van der Waals surface area contributed by atoms with E-state index in [9.17, 15) is 9.59 Å². The van der Waals surface area contributed by atoms with Gasteiger partial charge < -0.3 is 10.1 Å². The molecule has 0 saturated carbocycles. The minimum atomic E-state index is -0.819. The van der Waals surface area contributed by atoms with Crippen molar-refractivity contribution in [3.05, 3.63) is 0 Å². The van der Waals surface area contributed by atoms with Gasteiger partial charge in [0.2, 0.25) is 5.91 Å². The molecule has 2 aliphatic rings. The van der Waals surface area contributed by atoms with Crippen LogP contribution in [-0.4, -0.2) is 42.0 Å². The lowest BCUT2D eigenvalue weighted by Gasteiger charge is -2.26. The molecule has 0 aromatic heterocycles. The number of carbonyl (C=O) groups excluding carboxylic acids is 2. The highest BCUT2D eigenvalue weighted by molar-refractivity contribution is 9.09. The van der Waals surface area contributed by atoms with E-state index in [4.69, 9.17) is 0 Å². The summed E-state index contributed by atoms with van der Waals surface area (Å²) in [6.07, 6.45) is 0.249. The lowest BCUT2D eigenvalue weighted by atomic mass is 9.96. The van der Waals surface area contributed by atoms with Crippen LogP contribution in [0, 0.1) is 5.92 Å². The molecule has 2 aliphatic heterocycles. The Morgan fingerprint density at radius 1 is 1.62 bits per heavy atom. The first-order valence-corrected chi connectivity index (χ1v) is 5.67. The van der Waals surface area contributed by atoms with Gasteiger partial charge in [0.15, 0.2) is 0 Å². The van der Waals surface area contributed by atoms with Crippen LogP contribution in [0.25, 0.3) is 0 Å². The first kappa shape index (κ1) is 11.3. The van der Waals surface area contributed by atoms with Gasteiger partial charge in [-0.25, -0.2) is 0 Å². The Balaban J connectivity index is 2.21. The highest BCUT2D eigenvalue weighted by Crippen LogP contribution is 2.18.